The minimum atomic E-state index is -0.723. The zero-order chi connectivity index (χ0) is 20.8. The fourth-order valence-corrected chi connectivity index (χ4v) is 3.05. The van der Waals surface area contributed by atoms with Gasteiger partial charge in [0.25, 0.3) is 5.91 Å². The zero-order valence-electron chi connectivity index (χ0n) is 16.7. The van der Waals surface area contributed by atoms with Crippen molar-refractivity contribution in [2.75, 3.05) is 7.11 Å². The number of para-hydroxylation sites is 1. The highest BCUT2D eigenvalue weighted by Crippen LogP contribution is 2.23. The first-order valence-electron chi connectivity index (χ1n) is 9.44. The Labute approximate surface area is 169 Å². The smallest absolute Gasteiger partial charge is 0.328 e. The van der Waals surface area contributed by atoms with Crippen LogP contribution in [0.25, 0.3) is 16.9 Å². The summed E-state index contributed by atoms with van der Waals surface area (Å²) >= 11 is 0. The Hall–Kier alpha value is -3.48. The van der Waals surface area contributed by atoms with Crippen LogP contribution < -0.4 is 5.32 Å². The highest BCUT2D eigenvalue weighted by molar-refractivity contribution is 5.96. The topological polar surface area (TPSA) is 86.1 Å². The predicted octanol–water partition coefficient (Wildman–Crippen LogP) is 3.25. The molecule has 3 aromatic rings. The number of esters is 1. The van der Waals surface area contributed by atoms with E-state index in [1.165, 1.54) is 7.11 Å². The van der Waals surface area contributed by atoms with Gasteiger partial charge in [0.1, 0.15) is 6.04 Å². The lowest BCUT2D eigenvalue weighted by Crippen LogP contribution is -2.42. The maximum atomic E-state index is 12.9. The minimum Gasteiger partial charge on any atom is -0.467 e. The normalized spacial score (nSPS) is 11.9. The van der Waals surface area contributed by atoms with Gasteiger partial charge in [0.15, 0.2) is 5.69 Å². The summed E-state index contributed by atoms with van der Waals surface area (Å²) in [7, 11) is 1.31. The van der Waals surface area contributed by atoms with Gasteiger partial charge in [-0.05, 0) is 42.7 Å². The van der Waals surface area contributed by atoms with Gasteiger partial charge in [0.05, 0.1) is 18.5 Å². The molecule has 2 aromatic heterocycles. The van der Waals surface area contributed by atoms with E-state index in [4.69, 9.17) is 4.74 Å². The third-order valence-corrected chi connectivity index (χ3v) is 4.42. The highest BCUT2D eigenvalue weighted by atomic mass is 16.5. The maximum Gasteiger partial charge on any atom is 0.328 e. The molecule has 1 aromatic carbocycles. The van der Waals surface area contributed by atoms with Gasteiger partial charge in [-0.15, -0.1) is 0 Å². The number of benzene rings is 1. The molecule has 29 heavy (non-hydrogen) atoms. The van der Waals surface area contributed by atoms with Gasteiger partial charge in [-0.1, -0.05) is 32.0 Å². The molecule has 3 rings (SSSR count). The van der Waals surface area contributed by atoms with Crippen LogP contribution >= 0.6 is 0 Å². The first-order chi connectivity index (χ1) is 14.0. The maximum absolute atomic E-state index is 12.9. The van der Waals surface area contributed by atoms with Crippen LogP contribution in [-0.4, -0.2) is 39.8 Å². The summed E-state index contributed by atoms with van der Waals surface area (Å²) in [6.45, 7) is 3.96. The van der Waals surface area contributed by atoms with Crippen LogP contribution in [0.2, 0.25) is 0 Å². The number of rotatable bonds is 7. The van der Waals surface area contributed by atoms with E-state index in [2.05, 4.69) is 15.4 Å². The molecule has 7 heteroatoms. The lowest BCUT2D eigenvalue weighted by Gasteiger charge is -2.17. The second-order valence-corrected chi connectivity index (χ2v) is 7.08. The summed E-state index contributed by atoms with van der Waals surface area (Å²) in [5, 5.41) is 7.26. The van der Waals surface area contributed by atoms with Crippen LogP contribution in [0, 0.1) is 5.92 Å². The molecule has 7 nitrogen and oxygen atoms in total. The van der Waals surface area contributed by atoms with Crippen LogP contribution in [0.15, 0.2) is 60.9 Å². The Morgan fingerprint density at radius 1 is 1.10 bits per heavy atom. The molecular formula is C22H24N4O3. The molecule has 0 aliphatic carbocycles. The number of hydrogen-bond acceptors (Lipinski definition) is 5. The zero-order valence-corrected chi connectivity index (χ0v) is 16.7. The second-order valence-electron chi connectivity index (χ2n) is 7.08. The molecule has 1 unspecified atom stereocenters. The number of amides is 1. The highest BCUT2D eigenvalue weighted by Gasteiger charge is 2.25. The number of nitrogens with one attached hydrogen (secondary N) is 1. The van der Waals surface area contributed by atoms with Crippen LogP contribution in [0.3, 0.4) is 0 Å². The van der Waals surface area contributed by atoms with Crippen molar-refractivity contribution >= 4 is 11.9 Å². The van der Waals surface area contributed by atoms with Crippen molar-refractivity contribution in [1.29, 1.82) is 0 Å². The van der Waals surface area contributed by atoms with Crippen molar-refractivity contribution in [2.45, 2.75) is 26.3 Å². The Kier molecular flexibility index (Phi) is 6.39. The number of pyridine rings is 1. The van der Waals surface area contributed by atoms with Gasteiger partial charge < -0.3 is 10.1 Å². The fourth-order valence-electron chi connectivity index (χ4n) is 3.05. The van der Waals surface area contributed by atoms with E-state index in [-0.39, 0.29) is 11.6 Å². The summed E-state index contributed by atoms with van der Waals surface area (Å²) in [6, 6.07) is 14.2. The molecule has 1 N–H and O–H groups in total. The van der Waals surface area contributed by atoms with Crippen molar-refractivity contribution in [3.8, 4) is 16.9 Å². The van der Waals surface area contributed by atoms with Crippen LogP contribution in [-0.2, 0) is 9.53 Å². The van der Waals surface area contributed by atoms with Gasteiger partial charge in [0, 0.05) is 18.0 Å². The van der Waals surface area contributed by atoms with E-state index in [0.29, 0.717) is 6.42 Å². The third-order valence-electron chi connectivity index (χ3n) is 4.42. The number of nitrogens with zero attached hydrogens (tertiary/aromatic N) is 3. The van der Waals surface area contributed by atoms with Gasteiger partial charge in [-0.25, -0.2) is 9.48 Å². The average Bonchev–Trinajstić information content (AvgIpc) is 3.19. The SMILES string of the molecule is COC(=O)C(CC(C)C)NC(=O)c1cc(-c2ccncc2)n(-c2ccccc2)n1. The lowest BCUT2D eigenvalue weighted by atomic mass is 10.0. The molecule has 0 fully saturated rings. The van der Waals surface area contributed by atoms with E-state index in [9.17, 15) is 9.59 Å². The standard InChI is InChI=1S/C22H24N4O3/c1-15(2)13-19(22(28)29-3)24-21(27)18-14-20(16-9-11-23-12-10-16)26(25-18)17-7-5-4-6-8-17/h4-12,14-15,19H,13H2,1-3H3,(H,24,27). The summed E-state index contributed by atoms with van der Waals surface area (Å²) in [4.78, 5) is 29.0. The molecule has 0 aliphatic heterocycles. The predicted molar refractivity (Wildman–Crippen MR) is 110 cm³/mol. The number of methoxy groups -OCH3 is 1. The molecule has 0 saturated carbocycles. The number of hydrogen-bond donors (Lipinski definition) is 1. The molecule has 0 saturated heterocycles. The Bertz CT molecular complexity index is 911. The molecule has 1 amide bonds. The Morgan fingerprint density at radius 3 is 2.41 bits per heavy atom. The molecule has 1 atom stereocenters. The lowest BCUT2D eigenvalue weighted by molar-refractivity contribution is -0.143. The van der Waals surface area contributed by atoms with E-state index < -0.39 is 17.9 Å². The minimum absolute atomic E-state index is 0.216. The monoisotopic (exact) mass is 392 g/mol. The van der Waals surface area contributed by atoms with E-state index in [1.54, 1.807) is 23.1 Å². The van der Waals surface area contributed by atoms with Crippen molar-refractivity contribution in [3.05, 3.63) is 66.6 Å². The molecule has 2 heterocycles. The van der Waals surface area contributed by atoms with E-state index in [1.807, 2.05) is 56.3 Å². The Morgan fingerprint density at radius 2 is 1.79 bits per heavy atom. The first kappa shape index (κ1) is 20.3. The molecule has 150 valence electrons. The van der Waals surface area contributed by atoms with Gasteiger partial charge in [-0.3, -0.25) is 9.78 Å². The number of carbonyl (C=O) groups is 2. The Balaban J connectivity index is 1.96. The van der Waals surface area contributed by atoms with Crippen molar-refractivity contribution < 1.29 is 14.3 Å². The van der Waals surface area contributed by atoms with Crippen molar-refractivity contribution in [3.63, 3.8) is 0 Å². The molecule has 0 aliphatic rings. The van der Waals surface area contributed by atoms with Crippen molar-refractivity contribution in [1.82, 2.24) is 20.1 Å². The molecule has 0 bridgehead atoms. The molecular weight excluding hydrogens is 368 g/mol. The van der Waals surface area contributed by atoms with Crippen LogP contribution in [0.1, 0.15) is 30.8 Å². The number of aromatic nitrogens is 3. The molecule has 0 spiro atoms. The second kappa shape index (κ2) is 9.14. The summed E-state index contributed by atoms with van der Waals surface area (Å²) in [6.07, 6.45) is 3.86. The number of ether oxygens (including phenoxy) is 1. The number of carbonyl (C=O) groups excluding carboxylic acids is 2. The quantitative estimate of drug-likeness (QED) is 0.624. The van der Waals surface area contributed by atoms with E-state index >= 15 is 0 Å². The summed E-state index contributed by atoms with van der Waals surface area (Å²) < 4.78 is 6.54. The van der Waals surface area contributed by atoms with Gasteiger partial charge in [-0.2, -0.15) is 5.10 Å². The summed E-state index contributed by atoms with van der Waals surface area (Å²) in [5.74, 6) is -0.677. The summed E-state index contributed by atoms with van der Waals surface area (Å²) in [5.41, 5.74) is 2.67. The van der Waals surface area contributed by atoms with E-state index in [0.717, 1.165) is 16.9 Å². The third kappa shape index (κ3) is 4.87. The van der Waals surface area contributed by atoms with Crippen LogP contribution in [0.4, 0.5) is 0 Å². The van der Waals surface area contributed by atoms with Gasteiger partial charge in [0.2, 0.25) is 0 Å². The largest absolute Gasteiger partial charge is 0.467 e. The first-order valence-corrected chi connectivity index (χ1v) is 9.44. The fraction of sp³-hybridized carbons (Fsp3) is 0.273. The van der Waals surface area contributed by atoms with Crippen LogP contribution in [0.5, 0.6) is 0 Å². The van der Waals surface area contributed by atoms with Crippen molar-refractivity contribution in [2.24, 2.45) is 5.92 Å². The average molecular weight is 392 g/mol. The molecule has 0 radical (unpaired) electrons. The van der Waals surface area contributed by atoms with Gasteiger partial charge >= 0.3 is 5.97 Å².